The summed E-state index contributed by atoms with van der Waals surface area (Å²) in [6, 6.07) is 4.63. The summed E-state index contributed by atoms with van der Waals surface area (Å²) < 4.78 is 0. The first-order valence-corrected chi connectivity index (χ1v) is 8.70. The van der Waals surface area contributed by atoms with E-state index >= 15 is 0 Å². The van der Waals surface area contributed by atoms with E-state index in [2.05, 4.69) is 23.2 Å². The normalized spacial score (nSPS) is 22.8. The van der Waals surface area contributed by atoms with E-state index in [4.69, 9.17) is 0 Å². The minimum absolute atomic E-state index is 0.266. The first-order chi connectivity index (χ1) is 9.78. The molecule has 3 rings (SSSR count). The van der Waals surface area contributed by atoms with Gasteiger partial charge in [0.05, 0.1) is 4.88 Å². The average molecular weight is 292 g/mol. The van der Waals surface area contributed by atoms with Crippen LogP contribution in [0.4, 0.5) is 0 Å². The molecule has 1 aromatic heterocycles. The Morgan fingerprint density at radius 3 is 2.85 bits per heavy atom. The molecule has 1 atom stereocenters. The van der Waals surface area contributed by atoms with Crippen molar-refractivity contribution < 1.29 is 4.79 Å². The van der Waals surface area contributed by atoms with E-state index in [1.807, 2.05) is 6.07 Å². The summed E-state index contributed by atoms with van der Waals surface area (Å²) in [6.07, 6.45) is 5.91. The zero-order chi connectivity index (χ0) is 13.9. The van der Waals surface area contributed by atoms with Crippen LogP contribution in [0.1, 0.15) is 47.2 Å². The molecule has 0 spiro atoms. The second kappa shape index (κ2) is 6.27. The highest BCUT2D eigenvalue weighted by molar-refractivity contribution is 7.14. The molecule has 2 fully saturated rings. The van der Waals surface area contributed by atoms with Gasteiger partial charge in [0.25, 0.3) is 5.91 Å². The van der Waals surface area contributed by atoms with E-state index in [0.717, 1.165) is 30.9 Å². The van der Waals surface area contributed by atoms with Crippen LogP contribution < -0.4 is 5.32 Å². The van der Waals surface area contributed by atoms with E-state index in [9.17, 15) is 4.79 Å². The molecule has 2 aliphatic rings. The fraction of sp³-hybridized carbons (Fsp3) is 0.688. The molecule has 1 amide bonds. The van der Waals surface area contributed by atoms with Crippen LogP contribution in [-0.4, -0.2) is 36.5 Å². The predicted molar refractivity (Wildman–Crippen MR) is 83.3 cm³/mol. The number of hydrogen-bond acceptors (Lipinski definition) is 3. The van der Waals surface area contributed by atoms with Crippen molar-refractivity contribution in [2.24, 2.45) is 5.92 Å². The van der Waals surface area contributed by atoms with Crippen LogP contribution >= 0.6 is 11.3 Å². The molecule has 1 N–H and O–H groups in total. The van der Waals surface area contributed by atoms with Crippen molar-refractivity contribution in [3.63, 3.8) is 0 Å². The molecule has 1 aliphatic carbocycles. The standard InChI is InChI=1S/C16H24N2OS/c1-2-14-7-8-15(20-14)16(19)18(13-5-6-13)11-12-4-3-9-17-10-12/h7-8,12-13,17H,2-6,9-11H2,1H3. The van der Waals surface area contributed by atoms with E-state index in [1.54, 1.807) is 11.3 Å². The average Bonchev–Trinajstić information content (AvgIpc) is 3.21. The van der Waals surface area contributed by atoms with Gasteiger partial charge in [-0.25, -0.2) is 0 Å². The van der Waals surface area contributed by atoms with Crippen LogP contribution in [0, 0.1) is 5.92 Å². The van der Waals surface area contributed by atoms with Crippen molar-refractivity contribution in [3.8, 4) is 0 Å². The van der Waals surface area contributed by atoms with Crippen molar-refractivity contribution in [1.82, 2.24) is 10.2 Å². The Morgan fingerprint density at radius 2 is 2.25 bits per heavy atom. The van der Waals surface area contributed by atoms with Crippen LogP contribution in [0.15, 0.2) is 12.1 Å². The molecule has 0 radical (unpaired) electrons. The molecule has 1 aliphatic heterocycles. The first-order valence-electron chi connectivity index (χ1n) is 7.88. The Labute approximate surface area is 125 Å². The Balaban J connectivity index is 1.67. The maximum absolute atomic E-state index is 12.7. The van der Waals surface area contributed by atoms with Crippen molar-refractivity contribution in [2.75, 3.05) is 19.6 Å². The summed E-state index contributed by atoms with van der Waals surface area (Å²) in [5.74, 6) is 0.904. The van der Waals surface area contributed by atoms with Gasteiger partial charge in [-0.05, 0) is 63.2 Å². The lowest BCUT2D eigenvalue weighted by Crippen LogP contribution is -2.42. The van der Waals surface area contributed by atoms with Crippen molar-refractivity contribution >= 4 is 17.2 Å². The number of aryl methyl sites for hydroxylation is 1. The van der Waals surface area contributed by atoms with Crippen LogP contribution in [0.3, 0.4) is 0 Å². The number of thiophene rings is 1. The molecule has 2 heterocycles. The number of rotatable bonds is 5. The lowest BCUT2D eigenvalue weighted by Gasteiger charge is -2.30. The van der Waals surface area contributed by atoms with Crippen molar-refractivity contribution in [1.29, 1.82) is 0 Å². The Morgan fingerprint density at radius 1 is 1.40 bits per heavy atom. The van der Waals surface area contributed by atoms with E-state index < -0.39 is 0 Å². The number of piperidine rings is 1. The van der Waals surface area contributed by atoms with Gasteiger partial charge in [-0.3, -0.25) is 4.79 Å². The number of carbonyl (C=O) groups excluding carboxylic acids is 1. The van der Waals surface area contributed by atoms with Gasteiger partial charge in [0.15, 0.2) is 0 Å². The van der Waals surface area contributed by atoms with Gasteiger partial charge in [-0.15, -0.1) is 11.3 Å². The maximum Gasteiger partial charge on any atom is 0.264 e. The largest absolute Gasteiger partial charge is 0.335 e. The molecule has 110 valence electrons. The van der Waals surface area contributed by atoms with E-state index in [1.165, 1.54) is 30.6 Å². The summed E-state index contributed by atoms with van der Waals surface area (Å²) in [5.41, 5.74) is 0. The zero-order valence-corrected chi connectivity index (χ0v) is 13.0. The summed E-state index contributed by atoms with van der Waals surface area (Å²) in [5, 5.41) is 3.46. The maximum atomic E-state index is 12.7. The Bertz CT molecular complexity index is 461. The van der Waals surface area contributed by atoms with E-state index in [0.29, 0.717) is 12.0 Å². The number of carbonyl (C=O) groups is 1. The molecular formula is C16H24N2OS. The van der Waals surface area contributed by atoms with Crippen LogP contribution in [0.5, 0.6) is 0 Å². The molecule has 20 heavy (non-hydrogen) atoms. The second-order valence-corrected chi connectivity index (χ2v) is 7.19. The van der Waals surface area contributed by atoms with Crippen LogP contribution in [0.2, 0.25) is 0 Å². The van der Waals surface area contributed by atoms with E-state index in [-0.39, 0.29) is 5.91 Å². The zero-order valence-electron chi connectivity index (χ0n) is 12.2. The third-order valence-electron chi connectivity index (χ3n) is 4.32. The summed E-state index contributed by atoms with van der Waals surface area (Å²) in [4.78, 5) is 17.1. The topological polar surface area (TPSA) is 32.3 Å². The lowest BCUT2D eigenvalue weighted by molar-refractivity contribution is 0.0709. The first kappa shape index (κ1) is 14.1. The molecule has 1 aromatic rings. The highest BCUT2D eigenvalue weighted by Gasteiger charge is 2.35. The van der Waals surface area contributed by atoms with Gasteiger partial charge in [-0.1, -0.05) is 6.92 Å². The number of nitrogens with zero attached hydrogens (tertiary/aromatic N) is 1. The highest BCUT2D eigenvalue weighted by Crippen LogP contribution is 2.31. The Kier molecular flexibility index (Phi) is 4.41. The molecule has 1 unspecified atom stereocenters. The van der Waals surface area contributed by atoms with Crippen molar-refractivity contribution in [3.05, 3.63) is 21.9 Å². The summed E-state index contributed by atoms with van der Waals surface area (Å²) >= 11 is 1.67. The molecule has 4 heteroatoms. The van der Waals surface area contributed by atoms with Crippen molar-refractivity contribution in [2.45, 2.75) is 45.1 Å². The quantitative estimate of drug-likeness (QED) is 0.905. The number of nitrogens with one attached hydrogen (secondary N) is 1. The van der Waals surface area contributed by atoms with Gasteiger partial charge < -0.3 is 10.2 Å². The molecule has 0 aromatic carbocycles. The van der Waals surface area contributed by atoms with Crippen LogP contribution in [-0.2, 0) is 6.42 Å². The fourth-order valence-electron chi connectivity index (χ4n) is 2.97. The highest BCUT2D eigenvalue weighted by atomic mass is 32.1. The number of amides is 1. The SMILES string of the molecule is CCc1ccc(C(=O)N(CC2CCCNC2)C2CC2)s1. The molecular weight excluding hydrogens is 268 g/mol. The second-order valence-electron chi connectivity index (χ2n) is 6.02. The van der Waals surface area contributed by atoms with Crippen LogP contribution in [0.25, 0.3) is 0 Å². The predicted octanol–water partition coefficient (Wildman–Crippen LogP) is 2.91. The Hall–Kier alpha value is -0.870. The molecule has 3 nitrogen and oxygen atoms in total. The van der Waals surface area contributed by atoms with Gasteiger partial charge in [-0.2, -0.15) is 0 Å². The van der Waals surface area contributed by atoms with Gasteiger partial charge >= 0.3 is 0 Å². The molecule has 1 saturated carbocycles. The van der Waals surface area contributed by atoms with Gasteiger partial charge in [0.1, 0.15) is 0 Å². The minimum atomic E-state index is 0.266. The third-order valence-corrected chi connectivity index (χ3v) is 5.54. The lowest BCUT2D eigenvalue weighted by atomic mass is 9.99. The monoisotopic (exact) mass is 292 g/mol. The smallest absolute Gasteiger partial charge is 0.264 e. The molecule has 1 saturated heterocycles. The summed E-state index contributed by atoms with van der Waals surface area (Å²) in [6.45, 7) is 5.29. The fourth-order valence-corrected chi connectivity index (χ4v) is 3.87. The minimum Gasteiger partial charge on any atom is -0.335 e. The number of hydrogen-bond donors (Lipinski definition) is 1. The van der Waals surface area contributed by atoms with Gasteiger partial charge in [0.2, 0.25) is 0 Å². The van der Waals surface area contributed by atoms with Gasteiger partial charge in [0, 0.05) is 17.5 Å². The summed E-state index contributed by atoms with van der Waals surface area (Å²) in [7, 11) is 0. The molecule has 0 bridgehead atoms. The third kappa shape index (κ3) is 3.23.